The molecule has 0 aliphatic carbocycles. The standard InChI is InChI=1S/C30H42S2/c1-7-9-11-13-15-25-17-18-31-29(25)27-20-26(16-14-12-10-8-2)30(32-27)28-23(5)21(3)19-22(4)24(28)6/h17-20H,7-16H2,1-6H3. The number of thiophene rings is 2. The molecule has 0 amide bonds. The van der Waals surface area contributed by atoms with Crippen LogP contribution >= 0.6 is 22.7 Å². The molecular formula is C30H42S2. The van der Waals surface area contributed by atoms with Crippen LogP contribution in [0.5, 0.6) is 0 Å². The Morgan fingerprint density at radius 3 is 1.84 bits per heavy atom. The highest BCUT2D eigenvalue weighted by molar-refractivity contribution is 7.23. The summed E-state index contributed by atoms with van der Waals surface area (Å²) in [6.45, 7) is 13.8. The van der Waals surface area contributed by atoms with Gasteiger partial charge in [0.05, 0.1) is 0 Å². The molecule has 0 radical (unpaired) electrons. The van der Waals surface area contributed by atoms with E-state index in [-0.39, 0.29) is 0 Å². The third-order valence-corrected chi connectivity index (χ3v) is 9.30. The number of unbranched alkanes of at least 4 members (excludes halogenated alkanes) is 6. The highest BCUT2D eigenvalue weighted by Gasteiger charge is 2.19. The second kappa shape index (κ2) is 12.2. The summed E-state index contributed by atoms with van der Waals surface area (Å²) in [6.07, 6.45) is 13.0. The van der Waals surface area contributed by atoms with Crippen LogP contribution in [0, 0.1) is 27.7 Å². The van der Waals surface area contributed by atoms with Crippen molar-refractivity contribution in [1.82, 2.24) is 0 Å². The number of hydrogen-bond acceptors (Lipinski definition) is 2. The molecule has 0 aliphatic heterocycles. The van der Waals surface area contributed by atoms with E-state index in [4.69, 9.17) is 0 Å². The third-order valence-electron chi connectivity index (χ3n) is 6.97. The van der Waals surface area contributed by atoms with Crippen LogP contribution in [0.3, 0.4) is 0 Å². The molecule has 0 spiro atoms. The Labute approximate surface area is 205 Å². The van der Waals surface area contributed by atoms with Gasteiger partial charge in [0, 0.05) is 14.6 Å². The molecule has 0 unspecified atom stereocenters. The molecule has 0 nitrogen and oxygen atoms in total. The summed E-state index contributed by atoms with van der Waals surface area (Å²) in [7, 11) is 0. The number of aryl methyl sites for hydroxylation is 4. The minimum Gasteiger partial charge on any atom is -0.143 e. The van der Waals surface area contributed by atoms with E-state index in [1.807, 2.05) is 22.7 Å². The predicted molar refractivity (Wildman–Crippen MR) is 148 cm³/mol. The number of hydrogen-bond donors (Lipinski definition) is 0. The highest BCUT2D eigenvalue weighted by atomic mass is 32.1. The first-order valence-corrected chi connectivity index (χ1v) is 14.4. The lowest BCUT2D eigenvalue weighted by atomic mass is 9.91. The zero-order chi connectivity index (χ0) is 23.1. The number of rotatable bonds is 12. The maximum atomic E-state index is 2.55. The Hall–Kier alpha value is -1.38. The molecule has 0 N–H and O–H groups in total. The van der Waals surface area contributed by atoms with Crippen molar-refractivity contribution in [2.24, 2.45) is 0 Å². The molecule has 0 bridgehead atoms. The molecule has 0 aliphatic rings. The van der Waals surface area contributed by atoms with Crippen LogP contribution in [0.4, 0.5) is 0 Å². The van der Waals surface area contributed by atoms with Crippen LogP contribution in [0.2, 0.25) is 0 Å². The van der Waals surface area contributed by atoms with Gasteiger partial charge in [-0.25, -0.2) is 0 Å². The molecule has 0 atom stereocenters. The smallest absolute Gasteiger partial charge is 0.0474 e. The fraction of sp³-hybridized carbons (Fsp3) is 0.533. The van der Waals surface area contributed by atoms with Crippen molar-refractivity contribution in [3.05, 3.63) is 57.0 Å². The summed E-state index contributed by atoms with van der Waals surface area (Å²) in [5.41, 5.74) is 10.4. The first-order chi connectivity index (χ1) is 15.5. The summed E-state index contributed by atoms with van der Waals surface area (Å²) in [5, 5.41) is 2.30. The second-order valence-corrected chi connectivity index (χ2v) is 11.5. The molecule has 174 valence electrons. The van der Waals surface area contributed by atoms with E-state index in [0.29, 0.717) is 0 Å². The third kappa shape index (κ3) is 5.94. The average molecular weight is 467 g/mol. The fourth-order valence-electron chi connectivity index (χ4n) is 4.73. The molecule has 2 aromatic heterocycles. The maximum Gasteiger partial charge on any atom is 0.0474 e. The molecule has 3 aromatic rings. The van der Waals surface area contributed by atoms with Crippen molar-refractivity contribution in [3.8, 4) is 20.2 Å². The van der Waals surface area contributed by atoms with Gasteiger partial charge >= 0.3 is 0 Å². The summed E-state index contributed by atoms with van der Waals surface area (Å²) in [6, 6.07) is 7.28. The van der Waals surface area contributed by atoms with Gasteiger partial charge in [-0.15, -0.1) is 22.7 Å². The molecule has 1 aromatic carbocycles. The van der Waals surface area contributed by atoms with Gasteiger partial charge in [-0.1, -0.05) is 58.4 Å². The largest absolute Gasteiger partial charge is 0.143 e. The molecule has 0 saturated heterocycles. The molecule has 0 saturated carbocycles. The second-order valence-electron chi connectivity index (χ2n) is 9.50. The Morgan fingerprint density at radius 2 is 1.25 bits per heavy atom. The van der Waals surface area contributed by atoms with Crippen molar-refractivity contribution >= 4 is 22.7 Å². The molecule has 3 rings (SSSR count). The van der Waals surface area contributed by atoms with Gasteiger partial charge in [0.2, 0.25) is 0 Å². The van der Waals surface area contributed by atoms with Crippen LogP contribution < -0.4 is 0 Å². The van der Waals surface area contributed by atoms with Crippen molar-refractivity contribution < 1.29 is 0 Å². The van der Waals surface area contributed by atoms with E-state index in [1.54, 1.807) is 11.1 Å². The van der Waals surface area contributed by atoms with E-state index < -0.39 is 0 Å². The van der Waals surface area contributed by atoms with Gasteiger partial charge in [0.1, 0.15) is 0 Å². The van der Waals surface area contributed by atoms with Crippen LogP contribution in [-0.2, 0) is 12.8 Å². The SMILES string of the molecule is CCCCCCc1ccsc1-c1cc(CCCCCC)c(-c2c(C)c(C)cc(C)c2C)s1. The summed E-state index contributed by atoms with van der Waals surface area (Å²) in [4.78, 5) is 4.54. The lowest BCUT2D eigenvalue weighted by molar-refractivity contribution is 0.667. The minimum atomic E-state index is 1.20. The van der Waals surface area contributed by atoms with Crippen LogP contribution in [-0.4, -0.2) is 0 Å². The molecule has 2 heteroatoms. The highest BCUT2D eigenvalue weighted by Crippen LogP contribution is 2.45. The number of benzene rings is 1. The maximum absolute atomic E-state index is 2.55. The van der Waals surface area contributed by atoms with Crippen molar-refractivity contribution in [1.29, 1.82) is 0 Å². The van der Waals surface area contributed by atoms with Crippen molar-refractivity contribution in [3.63, 3.8) is 0 Å². The van der Waals surface area contributed by atoms with E-state index in [2.05, 4.69) is 65.1 Å². The monoisotopic (exact) mass is 466 g/mol. The zero-order valence-electron chi connectivity index (χ0n) is 21.2. The summed E-state index contributed by atoms with van der Waals surface area (Å²) >= 11 is 3.99. The van der Waals surface area contributed by atoms with Gasteiger partial charge in [0.15, 0.2) is 0 Å². The van der Waals surface area contributed by atoms with Crippen molar-refractivity contribution in [2.75, 3.05) is 0 Å². The molecule has 0 fully saturated rings. The van der Waals surface area contributed by atoms with Gasteiger partial charge < -0.3 is 0 Å². The Kier molecular flexibility index (Phi) is 9.61. The van der Waals surface area contributed by atoms with Gasteiger partial charge in [-0.3, -0.25) is 0 Å². The Morgan fingerprint density at radius 1 is 0.656 bits per heavy atom. The topological polar surface area (TPSA) is 0 Å². The van der Waals surface area contributed by atoms with Gasteiger partial charge in [-0.05, 0) is 110 Å². The molecular weight excluding hydrogens is 424 g/mol. The lowest BCUT2D eigenvalue weighted by Crippen LogP contribution is -1.96. The Bertz CT molecular complexity index is 976. The first-order valence-electron chi connectivity index (χ1n) is 12.7. The fourth-order valence-corrected chi connectivity index (χ4v) is 7.21. The average Bonchev–Trinajstić information content (AvgIpc) is 3.40. The lowest BCUT2D eigenvalue weighted by Gasteiger charge is -2.16. The normalized spacial score (nSPS) is 11.4. The van der Waals surface area contributed by atoms with Gasteiger partial charge in [0.25, 0.3) is 0 Å². The minimum absolute atomic E-state index is 1.20. The summed E-state index contributed by atoms with van der Waals surface area (Å²) in [5.74, 6) is 0. The summed E-state index contributed by atoms with van der Waals surface area (Å²) < 4.78 is 0. The van der Waals surface area contributed by atoms with E-state index >= 15 is 0 Å². The predicted octanol–water partition coefficient (Wildman–Crippen LogP) is 10.6. The van der Waals surface area contributed by atoms with E-state index in [1.165, 1.54) is 107 Å². The van der Waals surface area contributed by atoms with Crippen LogP contribution in [0.1, 0.15) is 98.6 Å². The van der Waals surface area contributed by atoms with Crippen LogP contribution in [0.25, 0.3) is 20.2 Å². The quantitative estimate of drug-likeness (QED) is 0.233. The molecule has 2 heterocycles. The van der Waals surface area contributed by atoms with Crippen molar-refractivity contribution in [2.45, 2.75) is 106 Å². The molecule has 32 heavy (non-hydrogen) atoms. The van der Waals surface area contributed by atoms with E-state index in [9.17, 15) is 0 Å². The van der Waals surface area contributed by atoms with E-state index in [0.717, 1.165) is 0 Å². The van der Waals surface area contributed by atoms with Crippen LogP contribution in [0.15, 0.2) is 23.6 Å². The Balaban J connectivity index is 2.00. The zero-order valence-corrected chi connectivity index (χ0v) is 22.8. The van der Waals surface area contributed by atoms with Gasteiger partial charge in [-0.2, -0.15) is 0 Å². The first kappa shape index (κ1) is 25.2.